The minimum Gasteiger partial charge on any atom is -0.497 e. The molecule has 3 nitrogen and oxygen atoms in total. The van der Waals surface area contributed by atoms with E-state index in [0.29, 0.717) is 0 Å². The Bertz CT molecular complexity index is 691. The van der Waals surface area contributed by atoms with E-state index in [9.17, 15) is 0 Å². The van der Waals surface area contributed by atoms with Gasteiger partial charge in [-0.3, -0.25) is 0 Å². The van der Waals surface area contributed by atoms with Gasteiger partial charge in [0.15, 0.2) is 0 Å². The van der Waals surface area contributed by atoms with E-state index in [0.717, 1.165) is 26.9 Å². The molecule has 3 rings (SSSR count). The zero-order valence-electron chi connectivity index (χ0n) is 10.9. The van der Waals surface area contributed by atoms with Crippen LogP contribution in [0.15, 0.2) is 47.2 Å². The third-order valence-electron chi connectivity index (χ3n) is 3.01. The number of thiophene rings is 1. The second kappa shape index (κ2) is 5.75. The normalized spacial score (nSPS) is 12.3. The van der Waals surface area contributed by atoms with Crippen molar-refractivity contribution < 1.29 is 4.74 Å². The van der Waals surface area contributed by atoms with Crippen LogP contribution in [-0.2, 0) is 0 Å². The SMILES string of the molecule is COc1cccc(-c2nc(C(N)c3cccs3)cs2)c1. The summed E-state index contributed by atoms with van der Waals surface area (Å²) in [6.45, 7) is 0. The second-order valence-corrected chi connectivity index (χ2v) is 6.14. The summed E-state index contributed by atoms with van der Waals surface area (Å²) in [7, 11) is 1.67. The van der Waals surface area contributed by atoms with Crippen LogP contribution in [0.5, 0.6) is 5.75 Å². The number of nitrogens with zero attached hydrogens (tertiary/aromatic N) is 1. The van der Waals surface area contributed by atoms with E-state index >= 15 is 0 Å². The monoisotopic (exact) mass is 302 g/mol. The van der Waals surface area contributed by atoms with E-state index in [-0.39, 0.29) is 6.04 Å². The lowest BCUT2D eigenvalue weighted by atomic mass is 10.2. The molecule has 3 aromatic rings. The van der Waals surface area contributed by atoms with Gasteiger partial charge in [0.2, 0.25) is 0 Å². The summed E-state index contributed by atoms with van der Waals surface area (Å²) in [5.74, 6) is 0.835. The Morgan fingerprint density at radius 1 is 1.20 bits per heavy atom. The zero-order chi connectivity index (χ0) is 13.9. The van der Waals surface area contributed by atoms with Crippen molar-refractivity contribution in [2.24, 2.45) is 5.73 Å². The predicted octanol–water partition coefficient (Wildman–Crippen LogP) is 3.93. The van der Waals surface area contributed by atoms with Gasteiger partial charge in [0.05, 0.1) is 18.8 Å². The highest BCUT2D eigenvalue weighted by Crippen LogP contribution is 2.30. The topological polar surface area (TPSA) is 48.1 Å². The molecule has 1 atom stereocenters. The summed E-state index contributed by atoms with van der Waals surface area (Å²) in [4.78, 5) is 5.79. The van der Waals surface area contributed by atoms with Gasteiger partial charge in [-0.25, -0.2) is 4.98 Å². The smallest absolute Gasteiger partial charge is 0.123 e. The van der Waals surface area contributed by atoms with Crippen molar-refractivity contribution in [1.29, 1.82) is 0 Å². The number of methoxy groups -OCH3 is 1. The highest BCUT2D eigenvalue weighted by Gasteiger charge is 2.14. The summed E-state index contributed by atoms with van der Waals surface area (Å²) in [6.07, 6.45) is 0. The van der Waals surface area contributed by atoms with Crippen molar-refractivity contribution in [2.45, 2.75) is 6.04 Å². The van der Waals surface area contributed by atoms with Crippen molar-refractivity contribution in [1.82, 2.24) is 4.98 Å². The van der Waals surface area contributed by atoms with Crippen LogP contribution in [0.4, 0.5) is 0 Å². The minimum atomic E-state index is -0.148. The molecule has 0 saturated carbocycles. The highest BCUT2D eigenvalue weighted by molar-refractivity contribution is 7.13. The van der Waals surface area contributed by atoms with Crippen LogP contribution < -0.4 is 10.5 Å². The van der Waals surface area contributed by atoms with E-state index in [2.05, 4.69) is 4.98 Å². The number of hydrogen-bond donors (Lipinski definition) is 1. The Morgan fingerprint density at radius 2 is 2.10 bits per heavy atom. The largest absolute Gasteiger partial charge is 0.497 e. The molecule has 2 aromatic heterocycles. The van der Waals surface area contributed by atoms with Crippen molar-refractivity contribution in [3.63, 3.8) is 0 Å². The van der Waals surface area contributed by atoms with Gasteiger partial charge in [-0.15, -0.1) is 22.7 Å². The highest BCUT2D eigenvalue weighted by atomic mass is 32.1. The number of benzene rings is 1. The molecule has 5 heteroatoms. The van der Waals surface area contributed by atoms with Gasteiger partial charge in [-0.2, -0.15) is 0 Å². The van der Waals surface area contributed by atoms with Crippen LogP contribution in [-0.4, -0.2) is 12.1 Å². The van der Waals surface area contributed by atoms with E-state index in [1.54, 1.807) is 29.8 Å². The van der Waals surface area contributed by atoms with Crippen molar-refractivity contribution >= 4 is 22.7 Å². The van der Waals surface area contributed by atoms with Gasteiger partial charge < -0.3 is 10.5 Å². The lowest BCUT2D eigenvalue weighted by molar-refractivity contribution is 0.415. The first kappa shape index (κ1) is 13.3. The fourth-order valence-corrected chi connectivity index (χ4v) is 3.52. The maximum Gasteiger partial charge on any atom is 0.123 e. The standard InChI is InChI=1S/C15H14N2OS2/c1-18-11-5-2-4-10(8-11)15-17-12(9-20-15)14(16)13-6-3-7-19-13/h2-9,14H,16H2,1H3. The molecule has 0 aliphatic heterocycles. The molecule has 0 aliphatic rings. The van der Waals surface area contributed by atoms with Crippen molar-refractivity contribution in [3.05, 3.63) is 57.7 Å². The molecule has 0 bridgehead atoms. The third-order valence-corrected chi connectivity index (χ3v) is 4.87. The first-order chi connectivity index (χ1) is 9.78. The molecular formula is C15H14N2OS2. The third kappa shape index (κ3) is 2.60. The fourth-order valence-electron chi connectivity index (χ4n) is 1.93. The molecule has 0 fully saturated rings. The molecule has 0 amide bonds. The summed E-state index contributed by atoms with van der Waals surface area (Å²) in [6, 6.07) is 11.8. The van der Waals surface area contributed by atoms with Gasteiger partial charge in [-0.1, -0.05) is 18.2 Å². The molecular weight excluding hydrogens is 288 g/mol. The molecule has 2 N–H and O–H groups in total. The quantitative estimate of drug-likeness (QED) is 0.794. The van der Waals surface area contributed by atoms with Gasteiger partial charge in [0.25, 0.3) is 0 Å². The molecule has 2 heterocycles. The van der Waals surface area contributed by atoms with Crippen LogP contribution in [0.1, 0.15) is 16.6 Å². The molecule has 0 saturated heterocycles. The van der Waals surface area contributed by atoms with Crippen LogP contribution in [0.3, 0.4) is 0 Å². The first-order valence-electron chi connectivity index (χ1n) is 6.17. The Hall–Kier alpha value is -1.69. The van der Waals surface area contributed by atoms with Gasteiger partial charge in [0.1, 0.15) is 10.8 Å². The number of aromatic nitrogens is 1. The Kier molecular flexibility index (Phi) is 3.82. The summed E-state index contributed by atoms with van der Waals surface area (Å²) >= 11 is 3.26. The number of nitrogens with two attached hydrogens (primary N) is 1. The number of thiazole rings is 1. The molecule has 1 unspecified atom stereocenters. The summed E-state index contributed by atoms with van der Waals surface area (Å²) in [5, 5.41) is 5.02. The first-order valence-corrected chi connectivity index (χ1v) is 7.92. The molecule has 0 radical (unpaired) electrons. The lowest BCUT2D eigenvalue weighted by Gasteiger charge is -2.05. The maximum absolute atomic E-state index is 6.24. The maximum atomic E-state index is 6.24. The van der Waals surface area contributed by atoms with E-state index in [1.165, 1.54) is 0 Å². The minimum absolute atomic E-state index is 0.148. The van der Waals surface area contributed by atoms with Gasteiger partial charge >= 0.3 is 0 Å². The Labute approximate surface area is 125 Å². The molecule has 1 aromatic carbocycles. The van der Waals surface area contributed by atoms with Crippen LogP contribution in [0, 0.1) is 0 Å². The summed E-state index contributed by atoms with van der Waals surface area (Å²) in [5.41, 5.74) is 8.21. The summed E-state index contributed by atoms with van der Waals surface area (Å²) < 4.78 is 5.24. The number of ether oxygens (including phenoxy) is 1. The number of rotatable bonds is 4. The average Bonchev–Trinajstić information content (AvgIpc) is 3.18. The van der Waals surface area contributed by atoms with Gasteiger partial charge in [-0.05, 0) is 23.6 Å². The average molecular weight is 302 g/mol. The van der Waals surface area contributed by atoms with Crippen molar-refractivity contribution in [3.8, 4) is 16.3 Å². The van der Waals surface area contributed by atoms with E-state index in [1.807, 2.05) is 47.2 Å². The molecule has 20 heavy (non-hydrogen) atoms. The predicted molar refractivity (Wildman–Crippen MR) is 84.5 cm³/mol. The lowest BCUT2D eigenvalue weighted by Crippen LogP contribution is -2.10. The van der Waals surface area contributed by atoms with Gasteiger partial charge in [0, 0.05) is 15.8 Å². The van der Waals surface area contributed by atoms with Crippen molar-refractivity contribution in [2.75, 3.05) is 7.11 Å². The number of hydrogen-bond acceptors (Lipinski definition) is 5. The van der Waals surface area contributed by atoms with E-state index in [4.69, 9.17) is 10.5 Å². The van der Waals surface area contributed by atoms with Crippen LogP contribution >= 0.6 is 22.7 Å². The molecule has 102 valence electrons. The Morgan fingerprint density at radius 3 is 2.85 bits per heavy atom. The molecule has 0 spiro atoms. The molecule has 0 aliphatic carbocycles. The fraction of sp³-hybridized carbons (Fsp3) is 0.133. The van der Waals surface area contributed by atoms with Crippen LogP contribution in [0.25, 0.3) is 10.6 Å². The Balaban J connectivity index is 1.90. The second-order valence-electron chi connectivity index (χ2n) is 4.30. The van der Waals surface area contributed by atoms with Crippen LogP contribution in [0.2, 0.25) is 0 Å². The zero-order valence-corrected chi connectivity index (χ0v) is 12.6. The van der Waals surface area contributed by atoms with E-state index < -0.39 is 0 Å².